The van der Waals surface area contributed by atoms with Crippen LogP contribution in [0.5, 0.6) is 0 Å². The number of carbonyl (C=O) groups excluding carboxylic acids is 1. The average molecular weight is 352 g/mol. The monoisotopic (exact) mass is 352 g/mol. The van der Waals surface area contributed by atoms with Gasteiger partial charge in [0.1, 0.15) is 11.4 Å². The first-order valence-electron chi connectivity index (χ1n) is 8.43. The number of nitrogens with one attached hydrogen (secondary N) is 2. The van der Waals surface area contributed by atoms with Crippen molar-refractivity contribution in [1.29, 1.82) is 0 Å². The van der Waals surface area contributed by atoms with Gasteiger partial charge >= 0.3 is 12.1 Å². The molecule has 2 rings (SSSR count). The Bertz CT molecular complexity index is 642. The van der Waals surface area contributed by atoms with Crippen LogP contribution in [0.4, 0.5) is 20.6 Å². The summed E-state index contributed by atoms with van der Waals surface area (Å²) in [7, 11) is 0. The lowest BCUT2D eigenvalue weighted by Gasteiger charge is -2.28. The molecule has 0 saturated heterocycles. The second-order valence-electron chi connectivity index (χ2n) is 7.36. The van der Waals surface area contributed by atoms with Crippen LogP contribution in [0, 0.1) is 11.7 Å². The lowest BCUT2D eigenvalue weighted by Crippen LogP contribution is -2.31. The molecule has 0 aliphatic heterocycles. The second kappa shape index (κ2) is 7.72. The third kappa shape index (κ3) is 5.92. The van der Waals surface area contributed by atoms with Crippen LogP contribution in [0.2, 0.25) is 0 Å². The Balaban J connectivity index is 2.03. The van der Waals surface area contributed by atoms with Crippen molar-refractivity contribution in [2.45, 2.75) is 58.1 Å². The Morgan fingerprint density at radius 2 is 2.00 bits per heavy atom. The van der Waals surface area contributed by atoms with E-state index >= 15 is 0 Å². The fraction of sp³-hybridized carbons (Fsp3) is 0.556. The molecular weight excluding hydrogens is 327 g/mol. The topological polar surface area (TPSA) is 87.7 Å². The first kappa shape index (κ1) is 19.0. The number of anilines is 2. The van der Waals surface area contributed by atoms with Crippen molar-refractivity contribution in [1.82, 2.24) is 0 Å². The lowest BCUT2D eigenvalue weighted by atomic mass is 9.85. The van der Waals surface area contributed by atoms with Crippen LogP contribution < -0.4 is 10.6 Å². The molecule has 1 aromatic carbocycles. The van der Waals surface area contributed by atoms with E-state index in [9.17, 15) is 14.0 Å². The van der Waals surface area contributed by atoms with Gasteiger partial charge in [-0.15, -0.1) is 0 Å². The van der Waals surface area contributed by atoms with E-state index in [0.717, 1.165) is 12.8 Å². The van der Waals surface area contributed by atoms with Gasteiger partial charge in [0.05, 0.1) is 11.6 Å². The highest BCUT2D eigenvalue weighted by molar-refractivity contribution is 5.85. The van der Waals surface area contributed by atoms with E-state index in [0.29, 0.717) is 18.5 Å². The number of benzene rings is 1. The largest absolute Gasteiger partial charge is 0.481 e. The van der Waals surface area contributed by atoms with Gasteiger partial charge in [-0.2, -0.15) is 0 Å². The average Bonchev–Trinajstić information content (AvgIpc) is 2.49. The molecule has 0 bridgehead atoms. The lowest BCUT2D eigenvalue weighted by molar-refractivity contribution is -0.142. The summed E-state index contributed by atoms with van der Waals surface area (Å²) in [4.78, 5) is 23.0. The molecule has 1 amide bonds. The summed E-state index contributed by atoms with van der Waals surface area (Å²) in [6.07, 6.45) is 2.17. The summed E-state index contributed by atoms with van der Waals surface area (Å²) >= 11 is 0. The highest BCUT2D eigenvalue weighted by Crippen LogP contribution is 2.28. The van der Waals surface area contributed by atoms with E-state index in [1.807, 2.05) is 0 Å². The molecule has 0 aromatic heterocycles. The fourth-order valence-corrected chi connectivity index (χ4v) is 2.91. The zero-order valence-corrected chi connectivity index (χ0v) is 14.8. The van der Waals surface area contributed by atoms with Crippen molar-refractivity contribution >= 4 is 23.4 Å². The Hall–Kier alpha value is -2.31. The maximum absolute atomic E-state index is 13.9. The molecule has 1 fully saturated rings. The normalized spacial score (nSPS) is 20.6. The summed E-state index contributed by atoms with van der Waals surface area (Å²) < 4.78 is 19.1. The minimum atomic E-state index is -0.780. The molecular formula is C18H25FN2O4. The van der Waals surface area contributed by atoms with E-state index in [1.54, 1.807) is 26.8 Å². The summed E-state index contributed by atoms with van der Waals surface area (Å²) in [6, 6.07) is 4.32. The van der Waals surface area contributed by atoms with Gasteiger partial charge in [0.15, 0.2) is 0 Å². The van der Waals surface area contributed by atoms with E-state index in [1.165, 1.54) is 12.1 Å². The van der Waals surface area contributed by atoms with Crippen molar-refractivity contribution in [3.8, 4) is 0 Å². The minimum Gasteiger partial charge on any atom is -0.481 e. The molecule has 2 atom stereocenters. The predicted octanol–water partition coefficient (Wildman–Crippen LogP) is 4.23. The SMILES string of the molecule is CC(C)(C)OC(=O)Nc1cc(NC2CCCC(C(=O)O)C2)ccc1F. The number of carboxylic acid groups (broad SMARTS) is 1. The molecule has 0 radical (unpaired) electrons. The number of carboxylic acids is 1. The quantitative estimate of drug-likeness (QED) is 0.755. The highest BCUT2D eigenvalue weighted by atomic mass is 19.1. The van der Waals surface area contributed by atoms with Crippen LogP contribution in [0.1, 0.15) is 46.5 Å². The third-order valence-corrected chi connectivity index (χ3v) is 4.00. The van der Waals surface area contributed by atoms with E-state index in [4.69, 9.17) is 9.84 Å². The second-order valence-corrected chi connectivity index (χ2v) is 7.36. The van der Waals surface area contributed by atoms with Gasteiger partial charge in [0.25, 0.3) is 0 Å². The molecule has 25 heavy (non-hydrogen) atoms. The summed E-state index contributed by atoms with van der Waals surface area (Å²) in [6.45, 7) is 5.18. The van der Waals surface area contributed by atoms with Gasteiger partial charge in [-0.05, 0) is 58.2 Å². The summed E-state index contributed by atoms with van der Waals surface area (Å²) in [5.41, 5.74) is -0.0296. The van der Waals surface area contributed by atoms with E-state index < -0.39 is 23.5 Å². The zero-order chi connectivity index (χ0) is 18.6. The number of ether oxygens (including phenoxy) is 1. The van der Waals surface area contributed by atoms with Gasteiger partial charge in [0.2, 0.25) is 0 Å². The molecule has 1 aliphatic carbocycles. The van der Waals surface area contributed by atoms with Gasteiger partial charge in [-0.3, -0.25) is 10.1 Å². The molecule has 138 valence electrons. The molecule has 7 heteroatoms. The molecule has 1 aromatic rings. The molecule has 1 aliphatic rings. The number of hydrogen-bond acceptors (Lipinski definition) is 4. The van der Waals surface area contributed by atoms with Crippen molar-refractivity contribution < 1.29 is 23.8 Å². The standard InChI is InChI=1S/C18H25FN2O4/c1-18(2,3)25-17(24)21-15-10-13(7-8-14(15)19)20-12-6-4-5-11(9-12)16(22)23/h7-8,10-12,20H,4-6,9H2,1-3H3,(H,21,24)(H,22,23). The predicted molar refractivity (Wildman–Crippen MR) is 93.3 cm³/mol. The van der Waals surface area contributed by atoms with Crippen molar-refractivity contribution in [3.05, 3.63) is 24.0 Å². The van der Waals surface area contributed by atoms with E-state index in [2.05, 4.69) is 10.6 Å². The first-order valence-corrected chi connectivity index (χ1v) is 8.43. The van der Waals surface area contributed by atoms with Crippen LogP contribution in [0.25, 0.3) is 0 Å². The molecule has 0 spiro atoms. The number of amides is 1. The van der Waals surface area contributed by atoms with Crippen LogP contribution in [0.15, 0.2) is 18.2 Å². The zero-order valence-electron chi connectivity index (χ0n) is 14.8. The highest BCUT2D eigenvalue weighted by Gasteiger charge is 2.27. The van der Waals surface area contributed by atoms with Gasteiger partial charge in [0, 0.05) is 11.7 Å². The van der Waals surface area contributed by atoms with Crippen LogP contribution >= 0.6 is 0 Å². The molecule has 0 heterocycles. The van der Waals surface area contributed by atoms with Crippen LogP contribution in [-0.2, 0) is 9.53 Å². The molecule has 3 N–H and O–H groups in total. The number of carbonyl (C=O) groups is 2. The fourth-order valence-electron chi connectivity index (χ4n) is 2.91. The van der Waals surface area contributed by atoms with Gasteiger partial charge in [-0.1, -0.05) is 6.42 Å². The van der Waals surface area contributed by atoms with Crippen molar-refractivity contribution in [2.24, 2.45) is 5.92 Å². The Morgan fingerprint density at radius 1 is 1.28 bits per heavy atom. The number of rotatable bonds is 4. The van der Waals surface area contributed by atoms with E-state index in [-0.39, 0.29) is 17.6 Å². The molecule has 1 saturated carbocycles. The maximum Gasteiger partial charge on any atom is 0.412 e. The molecule has 2 unspecified atom stereocenters. The number of aliphatic carboxylic acids is 1. The Labute approximate surface area is 146 Å². The van der Waals surface area contributed by atoms with Crippen molar-refractivity contribution in [3.63, 3.8) is 0 Å². The summed E-state index contributed by atoms with van der Waals surface area (Å²) in [5, 5.41) is 14.8. The minimum absolute atomic E-state index is 0.00897. The first-order chi connectivity index (χ1) is 11.6. The van der Waals surface area contributed by atoms with Gasteiger partial charge < -0.3 is 15.2 Å². The van der Waals surface area contributed by atoms with Crippen LogP contribution in [0.3, 0.4) is 0 Å². The smallest absolute Gasteiger partial charge is 0.412 e. The number of halogens is 1. The van der Waals surface area contributed by atoms with Crippen molar-refractivity contribution in [2.75, 3.05) is 10.6 Å². The third-order valence-electron chi connectivity index (χ3n) is 4.00. The maximum atomic E-state index is 13.9. The van der Waals surface area contributed by atoms with Crippen LogP contribution in [-0.4, -0.2) is 28.8 Å². The number of hydrogen-bond donors (Lipinski definition) is 3. The molecule has 6 nitrogen and oxygen atoms in total. The summed E-state index contributed by atoms with van der Waals surface area (Å²) in [5.74, 6) is -1.70. The Morgan fingerprint density at radius 3 is 2.64 bits per heavy atom. The van der Waals surface area contributed by atoms with Gasteiger partial charge in [-0.25, -0.2) is 9.18 Å². The Kier molecular flexibility index (Phi) is 5.87.